The summed E-state index contributed by atoms with van der Waals surface area (Å²) < 4.78 is 0. The number of anilines is 1. The number of rotatable bonds is 4. The second kappa shape index (κ2) is 5.97. The van der Waals surface area contributed by atoms with Gasteiger partial charge in [0.15, 0.2) is 0 Å². The lowest BCUT2D eigenvalue weighted by molar-refractivity contribution is -0.131. The molecule has 1 aromatic carbocycles. The number of carboxylic acid groups (broad SMARTS) is 1. The molecule has 2 rings (SSSR count). The molecule has 0 bridgehead atoms. The van der Waals surface area contributed by atoms with E-state index in [-0.39, 0.29) is 5.91 Å². The summed E-state index contributed by atoms with van der Waals surface area (Å²) in [5.41, 5.74) is 1.30. The van der Waals surface area contributed by atoms with Gasteiger partial charge in [0, 0.05) is 11.8 Å². The minimum atomic E-state index is -1.04. The summed E-state index contributed by atoms with van der Waals surface area (Å²) in [5, 5.41) is 13.1. The smallest absolute Gasteiger partial charge is 0.328 e. The van der Waals surface area contributed by atoms with Gasteiger partial charge >= 0.3 is 5.97 Å². The molecule has 0 saturated heterocycles. The number of carbonyl (C=O) groups is 2. The Labute approximate surface area is 114 Å². The molecule has 0 saturated carbocycles. The average Bonchev–Trinajstić information content (AvgIpc) is 2.86. The largest absolute Gasteiger partial charge is 0.478 e. The van der Waals surface area contributed by atoms with Crippen molar-refractivity contribution in [2.75, 3.05) is 5.32 Å². The van der Waals surface area contributed by atoms with Crippen LogP contribution in [0.3, 0.4) is 0 Å². The molecule has 0 fully saturated rings. The van der Waals surface area contributed by atoms with Crippen LogP contribution in [0.4, 0.5) is 5.69 Å². The summed E-state index contributed by atoms with van der Waals surface area (Å²) in [6.07, 6.45) is 2.43. The van der Waals surface area contributed by atoms with Gasteiger partial charge in [-0.3, -0.25) is 4.79 Å². The molecule has 0 aliphatic rings. The van der Waals surface area contributed by atoms with E-state index in [4.69, 9.17) is 5.11 Å². The van der Waals surface area contributed by atoms with Crippen LogP contribution in [0.15, 0.2) is 47.9 Å². The summed E-state index contributed by atoms with van der Waals surface area (Å²) in [4.78, 5) is 23.0. The molecule has 1 aromatic heterocycles. The summed E-state index contributed by atoms with van der Waals surface area (Å²) >= 11 is 1.27. The van der Waals surface area contributed by atoms with Gasteiger partial charge in [-0.25, -0.2) is 4.79 Å². The van der Waals surface area contributed by atoms with Gasteiger partial charge < -0.3 is 10.4 Å². The first kappa shape index (κ1) is 13.0. The summed E-state index contributed by atoms with van der Waals surface area (Å²) in [6, 6.07) is 10.8. The van der Waals surface area contributed by atoms with E-state index in [0.717, 1.165) is 6.08 Å². The maximum atomic E-state index is 12.1. The first-order valence-corrected chi connectivity index (χ1v) is 6.39. The monoisotopic (exact) mass is 273 g/mol. The molecule has 0 radical (unpaired) electrons. The highest BCUT2D eigenvalue weighted by molar-refractivity contribution is 7.12. The van der Waals surface area contributed by atoms with Gasteiger partial charge in [-0.2, -0.15) is 0 Å². The fourth-order valence-corrected chi connectivity index (χ4v) is 2.29. The Bertz CT molecular complexity index is 617. The molecule has 1 amide bonds. The fraction of sp³-hybridized carbons (Fsp3) is 0. The van der Waals surface area contributed by atoms with Crippen LogP contribution in [0.25, 0.3) is 6.08 Å². The number of aliphatic carboxylic acids is 1. The van der Waals surface area contributed by atoms with Gasteiger partial charge in [0.25, 0.3) is 5.91 Å². The minimum absolute atomic E-state index is 0.244. The lowest BCUT2D eigenvalue weighted by Gasteiger charge is -2.03. The van der Waals surface area contributed by atoms with Crippen LogP contribution in [0.5, 0.6) is 0 Å². The van der Waals surface area contributed by atoms with Gasteiger partial charge in [-0.15, -0.1) is 11.3 Å². The van der Waals surface area contributed by atoms with E-state index in [2.05, 4.69) is 5.32 Å². The topological polar surface area (TPSA) is 66.4 Å². The molecule has 2 N–H and O–H groups in total. The van der Waals surface area contributed by atoms with Crippen molar-refractivity contribution in [1.29, 1.82) is 0 Å². The van der Waals surface area contributed by atoms with Crippen LogP contribution in [-0.2, 0) is 4.79 Å². The first-order chi connectivity index (χ1) is 9.16. The van der Waals surface area contributed by atoms with E-state index in [1.807, 2.05) is 18.2 Å². The van der Waals surface area contributed by atoms with Crippen molar-refractivity contribution in [3.8, 4) is 0 Å². The number of para-hydroxylation sites is 1. The molecule has 0 atom stereocenters. The number of thiophene rings is 1. The molecule has 2 aromatic rings. The number of benzene rings is 1. The Hall–Kier alpha value is -2.40. The van der Waals surface area contributed by atoms with Crippen molar-refractivity contribution >= 4 is 35.0 Å². The van der Waals surface area contributed by atoms with Crippen LogP contribution < -0.4 is 5.32 Å². The van der Waals surface area contributed by atoms with Crippen molar-refractivity contribution in [2.24, 2.45) is 0 Å². The number of carbonyl (C=O) groups excluding carboxylic acids is 1. The molecule has 5 heteroatoms. The molecule has 0 aliphatic carbocycles. The maximum Gasteiger partial charge on any atom is 0.328 e. The fourth-order valence-electron chi connectivity index (χ4n) is 1.51. The molecule has 96 valence electrons. The summed E-state index contributed by atoms with van der Waals surface area (Å²) in [5.74, 6) is -1.29. The number of nitrogens with one attached hydrogen (secondary N) is 1. The Morgan fingerprint density at radius 3 is 2.58 bits per heavy atom. The van der Waals surface area contributed by atoms with Crippen LogP contribution in [0, 0.1) is 0 Å². The van der Waals surface area contributed by atoms with Crippen LogP contribution >= 0.6 is 11.3 Å². The number of carboxylic acids is 1. The molecule has 1 heterocycles. The quantitative estimate of drug-likeness (QED) is 0.841. The first-order valence-electron chi connectivity index (χ1n) is 5.52. The Morgan fingerprint density at radius 1 is 1.16 bits per heavy atom. The highest BCUT2D eigenvalue weighted by Crippen LogP contribution is 2.20. The van der Waals surface area contributed by atoms with Crippen LogP contribution in [0.2, 0.25) is 0 Å². The van der Waals surface area contributed by atoms with E-state index >= 15 is 0 Å². The zero-order valence-electron chi connectivity index (χ0n) is 9.87. The van der Waals surface area contributed by atoms with Crippen molar-refractivity contribution in [3.63, 3.8) is 0 Å². The third-order valence-electron chi connectivity index (χ3n) is 2.34. The predicted octanol–water partition coefficient (Wildman–Crippen LogP) is 3.10. The van der Waals surface area contributed by atoms with Crippen molar-refractivity contribution in [3.05, 3.63) is 58.3 Å². The molecule has 0 unspecified atom stereocenters. The van der Waals surface area contributed by atoms with Gasteiger partial charge in [0.05, 0.1) is 4.88 Å². The summed E-state index contributed by atoms with van der Waals surface area (Å²) in [6.45, 7) is 0. The Balaban J connectivity index is 2.16. The molecule has 19 heavy (non-hydrogen) atoms. The summed E-state index contributed by atoms with van der Waals surface area (Å²) in [7, 11) is 0. The van der Waals surface area contributed by atoms with Crippen molar-refractivity contribution in [1.82, 2.24) is 0 Å². The lowest BCUT2D eigenvalue weighted by Crippen LogP contribution is -2.11. The van der Waals surface area contributed by atoms with Gasteiger partial charge in [0.2, 0.25) is 0 Å². The predicted molar refractivity (Wildman–Crippen MR) is 75.4 cm³/mol. The van der Waals surface area contributed by atoms with E-state index in [1.54, 1.807) is 23.6 Å². The molecule has 0 aliphatic heterocycles. The normalized spacial score (nSPS) is 10.5. The van der Waals surface area contributed by atoms with Gasteiger partial charge in [0.1, 0.15) is 0 Å². The second-order valence-electron chi connectivity index (χ2n) is 3.70. The molecular weight excluding hydrogens is 262 g/mol. The minimum Gasteiger partial charge on any atom is -0.478 e. The van der Waals surface area contributed by atoms with Crippen molar-refractivity contribution < 1.29 is 14.7 Å². The second-order valence-corrected chi connectivity index (χ2v) is 4.61. The van der Waals surface area contributed by atoms with E-state index in [9.17, 15) is 9.59 Å². The zero-order valence-corrected chi connectivity index (χ0v) is 10.7. The molecular formula is C14H11NO3S. The molecule has 0 spiro atoms. The maximum absolute atomic E-state index is 12.1. The van der Waals surface area contributed by atoms with Gasteiger partial charge in [-0.05, 0) is 35.2 Å². The van der Waals surface area contributed by atoms with E-state index in [1.165, 1.54) is 17.4 Å². The SMILES string of the molecule is O=C(O)/C=C/c1ccsc1C(=O)Nc1ccccc1. The third-order valence-corrected chi connectivity index (χ3v) is 3.27. The van der Waals surface area contributed by atoms with Crippen molar-refractivity contribution in [2.45, 2.75) is 0 Å². The lowest BCUT2D eigenvalue weighted by atomic mass is 10.2. The van der Waals surface area contributed by atoms with E-state index < -0.39 is 5.97 Å². The number of amides is 1. The molecule has 4 nitrogen and oxygen atoms in total. The highest BCUT2D eigenvalue weighted by atomic mass is 32.1. The Morgan fingerprint density at radius 2 is 1.89 bits per heavy atom. The zero-order chi connectivity index (χ0) is 13.7. The van der Waals surface area contributed by atoms with E-state index in [0.29, 0.717) is 16.1 Å². The van der Waals surface area contributed by atoms with Gasteiger partial charge in [-0.1, -0.05) is 18.2 Å². The van der Waals surface area contributed by atoms with Crippen LogP contribution in [0.1, 0.15) is 15.2 Å². The third kappa shape index (κ3) is 3.53. The number of hydrogen-bond acceptors (Lipinski definition) is 3. The Kier molecular flexibility index (Phi) is 4.10. The highest BCUT2D eigenvalue weighted by Gasteiger charge is 2.11. The number of hydrogen-bond donors (Lipinski definition) is 2. The average molecular weight is 273 g/mol. The standard InChI is InChI=1S/C14H11NO3S/c16-12(17)7-6-10-8-9-19-13(10)14(18)15-11-4-2-1-3-5-11/h1-9H,(H,15,18)(H,16,17)/b7-6+. The van der Waals surface area contributed by atoms with Crippen LogP contribution in [-0.4, -0.2) is 17.0 Å².